The van der Waals surface area contributed by atoms with Gasteiger partial charge < -0.3 is 5.11 Å². The Bertz CT molecular complexity index is 939. The lowest BCUT2D eigenvalue weighted by molar-refractivity contribution is -0.139. The Morgan fingerprint density at radius 2 is 1.72 bits per heavy atom. The van der Waals surface area contributed by atoms with Crippen LogP contribution in [0.3, 0.4) is 0 Å². The van der Waals surface area contributed by atoms with Crippen LogP contribution in [0.2, 0.25) is 5.02 Å². The van der Waals surface area contributed by atoms with Crippen LogP contribution in [0.25, 0.3) is 6.08 Å². The lowest BCUT2D eigenvalue weighted by atomic mass is 9.95. The van der Waals surface area contributed by atoms with Gasteiger partial charge in [0, 0.05) is 0 Å². The van der Waals surface area contributed by atoms with Gasteiger partial charge in [-0.05, 0) is 41.8 Å². The Morgan fingerprint density at radius 3 is 2.21 bits per heavy atom. The Hall–Kier alpha value is -2.55. The second-order valence-electron chi connectivity index (χ2n) is 6.12. The molecule has 2 aromatic carbocycles. The normalized spacial score (nSPS) is 13.7. The molecule has 10 heteroatoms. The molecule has 2 aromatic rings. The van der Waals surface area contributed by atoms with Crippen LogP contribution in [0, 0.1) is 12.7 Å². The molecule has 0 fully saturated rings. The standard InChI is InChI=1S/C19H12ClF7O2/c1-9-6-11(8-15(20)16(9)21)13(18(22,23)24)5-3-10-2-4-12(17(28)29)14(7-10)19(25,26)27/h2-8,13H,1H3,(H,28,29)/b5-3+. The van der Waals surface area contributed by atoms with Crippen molar-refractivity contribution in [2.45, 2.75) is 25.2 Å². The molecule has 0 aliphatic heterocycles. The van der Waals surface area contributed by atoms with Crippen molar-refractivity contribution in [3.8, 4) is 0 Å². The van der Waals surface area contributed by atoms with E-state index in [0.29, 0.717) is 18.2 Å². The fourth-order valence-corrected chi connectivity index (χ4v) is 2.91. The number of aryl methyl sites for hydroxylation is 1. The zero-order valence-corrected chi connectivity index (χ0v) is 15.3. The minimum Gasteiger partial charge on any atom is -0.478 e. The number of carboxylic acids is 1. The summed E-state index contributed by atoms with van der Waals surface area (Å²) < 4.78 is 93.1. The molecule has 1 unspecified atom stereocenters. The van der Waals surface area contributed by atoms with Crippen LogP contribution in [0.5, 0.6) is 0 Å². The molecule has 2 rings (SSSR count). The number of alkyl halides is 6. The number of benzene rings is 2. The number of hydrogen-bond donors (Lipinski definition) is 1. The van der Waals surface area contributed by atoms with Gasteiger partial charge in [0.05, 0.1) is 22.1 Å². The van der Waals surface area contributed by atoms with Crippen molar-refractivity contribution >= 4 is 23.6 Å². The summed E-state index contributed by atoms with van der Waals surface area (Å²) >= 11 is 5.60. The molecule has 0 aliphatic carbocycles. The van der Waals surface area contributed by atoms with Crippen LogP contribution in [-0.2, 0) is 6.18 Å². The van der Waals surface area contributed by atoms with Crippen molar-refractivity contribution in [2.75, 3.05) is 0 Å². The zero-order chi connectivity index (χ0) is 22.1. The van der Waals surface area contributed by atoms with Crippen molar-refractivity contribution in [1.29, 1.82) is 0 Å². The third-order valence-corrected chi connectivity index (χ3v) is 4.28. The Morgan fingerprint density at radius 1 is 1.10 bits per heavy atom. The highest BCUT2D eigenvalue weighted by atomic mass is 35.5. The van der Waals surface area contributed by atoms with Crippen molar-refractivity contribution in [3.05, 3.63) is 75.1 Å². The van der Waals surface area contributed by atoms with Gasteiger partial charge in [-0.1, -0.05) is 35.9 Å². The number of rotatable bonds is 4. The number of hydrogen-bond acceptors (Lipinski definition) is 1. The second-order valence-corrected chi connectivity index (χ2v) is 6.53. The first kappa shape index (κ1) is 22.7. The predicted molar refractivity (Wildman–Crippen MR) is 92.4 cm³/mol. The van der Waals surface area contributed by atoms with E-state index in [2.05, 4.69) is 0 Å². The van der Waals surface area contributed by atoms with Crippen molar-refractivity contribution in [1.82, 2.24) is 0 Å². The topological polar surface area (TPSA) is 37.3 Å². The Labute approximate surface area is 165 Å². The van der Waals surface area contributed by atoms with Gasteiger partial charge in [0.2, 0.25) is 0 Å². The quantitative estimate of drug-likeness (QED) is 0.527. The Balaban J connectivity index is 2.52. The van der Waals surface area contributed by atoms with Crippen molar-refractivity contribution in [3.63, 3.8) is 0 Å². The van der Waals surface area contributed by atoms with Crippen molar-refractivity contribution < 1.29 is 40.6 Å². The highest BCUT2D eigenvalue weighted by molar-refractivity contribution is 6.30. The summed E-state index contributed by atoms with van der Waals surface area (Å²) in [6, 6.07) is 3.79. The maximum Gasteiger partial charge on any atom is 0.417 e. The fourth-order valence-electron chi connectivity index (χ4n) is 2.64. The van der Waals surface area contributed by atoms with Gasteiger partial charge >= 0.3 is 18.3 Å². The van der Waals surface area contributed by atoms with Gasteiger partial charge in [-0.25, -0.2) is 9.18 Å². The van der Waals surface area contributed by atoms with Gasteiger partial charge in [0.15, 0.2) is 0 Å². The molecular formula is C19H12ClF7O2. The van der Waals surface area contributed by atoms with E-state index < -0.39 is 51.8 Å². The molecular weight excluding hydrogens is 429 g/mol. The van der Waals surface area contributed by atoms with Crippen LogP contribution in [0.1, 0.15) is 38.5 Å². The molecule has 0 spiro atoms. The minimum absolute atomic E-state index is 0.125. The second kappa shape index (κ2) is 8.06. The van der Waals surface area contributed by atoms with Gasteiger partial charge in [-0.15, -0.1) is 0 Å². The average Bonchev–Trinajstić information content (AvgIpc) is 2.57. The van der Waals surface area contributed by atoms with Gasteiger partial charge in [-0.3, -0.25) is 0 Å². The van der Waals surface area contributed by atoms with E-state index >= 15 is 0 Å². The van der Waals surface area contributed by atoms with Crippen LogP contribution >= 0.6 is 11.6 Å². The third kappa shape index (κ3) is 5.29. The highest BCUT2D eigenvalue weighted by Crippen LogP contribution is 2.39. The zero-order valence-electron chi connectivity index (χ0n) is 14.5. The Kier molecular flexibility index (Phi) is 6.32. The fraction of sp³-hybridized carbons (Fsp3) is 0.211. The van der Waals surface area contributed by atoms with E-state index in [9.17, 15) is 35.5 Å². The molecule has 0 saturated heterocycles. The molecule has 0 bridgehead atoms. The molecule has 156 valence electrons. The van der Waals surface area contributed by atoms with E-state index in [-0.39, 0.29) is 11.1 Å². The number of aromatic carboxylic acids is 1. The maximum absolute atomic E-state index is 13.6. The number of carbonyl (C=O) groups is 1. The molecule has 0 radical (unpaired) electrons. The SMILES string of the molecule is Cc1cc(C(/C=C/c2ccc(C(=O)O)c(C(F)(F)F)c2)C(F)(F)F)cc(Cl)c1F. The number of allylic oxidation sites excluding steroid dienone is 1. The van der Waals surface area contributed by atoms with Crippen LogP contribution in [0.15, 0.2) is 36.4 Å². The monoisotopic (exact) mass is 440 g/mol. The molecule has 1 N–H and O–H groups in total. The number of halogens is 8. The molecule has 0 saturated carbocycles. The van der Waals surface area contributed by atoms with E-state index in [1.165, 1.54) is 6.92 Å². The first-order valence-electron chi connectivity index (χ1n) is 7.87. The van der Waals surface area contributed by atoms with E-state index in [4.69, 9.17) is 16.7 Å². The summed E-state index contributed by atoms with van der Waals surface area (Å²) in [6.07, 6.45) is -8.47. The molecule has 0 aromatic heterocycles. The van der Waals surface area contributed by atoms with E-state index in [1.807, 2.05) is 0 Å². The van der Waals surface area contributed by atoms with Gasteiger partial charge in [0.1, 0.15) is 5.82 Å². The third-order valence-electron chi connectivity index (χ3n) is 4.00. The molecule has 29 heavy (non-hydrogen) atoms. The van der Waals surface area contributed by atoms with Crippen LogP contribution < -0.4 is 0 Å². The summed E-state index contributed by atoms with van der Waals surface area (Å²) in [5.74, 6) is -4.97. The van der Waals surface area contributed by atoms with Crippen molar-refractivity contribution in [2.24, 2.45) is 0 Å². The van der Waals surface area contributed by atoms with E-state index in [0.717, 1.165) is 24.3 Å². The van der Waals surface area contributed by atoms with E-state index in [1.54, 1.807) is 0 Å². The summed E-state index contributed by atoms with van der Waals surface area (Å²) in [5.41, 5.74) is -3.32. The predicted octanol–water partition coefficient (Wildman–Crippen LogP) is 6.86. The highest BCUT2D eigenvalue weighted by Gasteiger charge is 2.39. The molecule has 0 heterocycles. The largest absolute Gasteiger partial charge is 0.478 e. The maximum atomic E-state index is 13.6. The summed E-state index contributed by atoms with van der Waals surface area (Å²) in [6.45, 7) is 1.22. The lowest BCUT2D eigenvalue weighted by Crippen LogP contribution is -2.19. The smallest absolute Gasteiger partial charge is 0.417 e. The minimum atomic E-state index is -5.01. The van der Waals surface area contributed by atoms with Gasteiger partial charge in [0.25, 0.3) is 0 Å². The molecule has 1 atom stereocenters. The summed E-state index contributed by atoms with van der Waals surface area (Å²) in [4.78, 5) is 10.9. The van der Waals surface area contributed by atoms with Crippen LogP contribution in [0.4, 0.5) is 30.7 Å². The first-order chi connectivity index (χ1) is 13.2. The van der Waals surface area contributed by atoms with Crippen LogP contribution in [-0.4, -0.2) is 17.3 Å². The summed E-state index contributed by atoms with van der Waals surface area (Å²) in [5, 5.41) is 8.34. The lowest BCUT2D eigenvalue weighted by Gasteiger charge is -2.18. The molecule has 2 nitrogen and oxygen atoms in total. The molecule has 0 aliphatic rings. The number of carboxylic acid groups (broad SMARTS) is 1. The van der Waals surface area contributed by atoms with Gasteiger partial charge in [-0.2, -0.15) is 26.3 Å². The molecule has 0 amide bonds. The summed E-state index contributed by atoms with van der Waals surface area (Å²) in [7, 11) is 0. The average molecular weight is 441 g/mol. The first-order valence-corrected chi connectivity index (χ1v) is 8.24.